The van der Waals surface area contributed by atoms with E-state index in [0.717, 1.165) is 11.3 Å². The lowest BCUT2D eigenvalue weighted by Crippen LogP contribution is -2.32. The zero-order valence-electron chi connectivity index (χ0n) is 11.6. The van der Waals surface area contributed by atoms with Crippen molar-refractivity contribution in [1.82, 2.24) is 4.98 Å². The van der Waals surface area contributed by atoms with Gasteiger partial charge in [-0.25, -0.2) is 4.98 Å². The molecule has 0 N–H and O–H groups in total. The number of benzene rings is 1. The van der Waals surface area contributed by atoms with Gasteiger partial charge in [0.05, 0.1) is 11.4 Å². The van der Waals surface area contributed by atoms with Crippen LogP contribution in [-0.2, 0) is 4.79 Å². The van der Waals surface area contributed by atoms with Gasteiger partial charge >= 0.3 is 0 Å². The van der Waals surface area contributed by atoms with Crippen LogP contribution in [-0.4, -0.2) is 29.7 Å². The third-order valence-electron chi connectivity index (χ3n) is 3.39. The fourth-order valence-electron chi connectivity index (χ4n) is 2.43. The molecule has 1 aliphatic rings. The maximum Gasteiger partial charge on any atom is 0.248 e. The minimum absolute atomic E-state index is 0.0335. The number of anilines is 1. The molecular weight excluding hydrogens is 286 g/mol. The molecule has 0 aliphatic carbocycles. The molecular formula is C16H14ClN3O. The second-order valence-electron chi connectivity index (χ2n) is 4.67. The van der Waals surface area contributed by atoms with Crippen LogP contribution in [0.15, 0.2) is 47.5 Å². The Morgan fingerprint density at radius 1 is 1.19 bits per heavy atom. The number of pyridine rings is 1. The highest BCUT2D eigenvalue weighted by Crippen LogP contribution is 2.26. The molecule has 0 unspecified atom stereocenters. The van der Waals surface area contributed by atoms with Crippen LogP contribution in [0.4, 0.5) is 5.69 Å². The Balaban J connectivity index is 2.22. The molecule has 0 spiro atoms. The Morgan fingerprint density at radius 2 is 1.95 bits per heavy atom. The number of aliphatic imine (C=N–C) groups is 1. The van der Waals surface area contributed by atoms with Crippen LogP contribution in [0.3, 0.4) is 0 Å². The maximum absolute atomic E-state index is 12.2. The fraction of sp³-hybridized carbons (Fsp3) is 0.188. The summed E-state index contributed by atoms with van der Waals surface area (Å²) in [6.45, 7) is 2.63. The van der Waals surface area contributed by atoms with Gasteiger partial charge in [0.25, 0.3) is 0 Å². The summed E-state index contributed by atoms with van der Waals surface area (Å²) in [6.07, 6.45) is 0. The second kappa shape index (κ2) is 5.66. The van der Waals surface area contributed by atoms with Crippen molar-refractivity contribution in [3.05, 3.63) is 58.9 Å². The van der Waals surface area contributed by atoms with Crippen LogP contribution in [0.5, 0.6) is 0 Å². The third kappa shape index (κ3) is 2.54. The molecule has 0 fully saturated rings. The van der Waals surface area contributed by atoms with Gasteiger partial charge in [0, 0.05) is 12.1 Å². The van der Waals surface area contributed by atoms with Crippen LogP contribution >= 0.6 is 11.6 Å². The summed E-state index contributed by atoms with van der Waals surface area (Å²) in [5.74, 6) is -0.0335. The summed E-state index contributed by atoms with van der Waals surface area (Å²) in [7, 11) is 0. The molecule has 2 aromatic rings. The van der Waals surface area contributed by atoms with E-state index in [9.17, 15) is 4.79 Å². The van der Waals surface area contributed by atoms with Gasteiger partial charge < -0.3 is 4.90 Å². The van der Waals surface area contributed by atoms with Gasteiger partial charge in [0.1, 0.15) is 17.4 Å². The summed E-state index contributed by atoms with van der Waals surface area (Å²) < 4.78 is 0. The molecule has 0 atom stereocenters. The van der Waals surface area contributed by atoms with Gasteiger partial charge in [-0.15, -0.1) is 0 Å². The number of fused-ring (bicyclic) bond motifs is 1. The highest BCUT2D eigenvalue weighted by molar-refractivity contribution is 6.30. The van der Waals surface area contributed by atoms with E-state index in [1.807, 2.05) is 43.3 Å². The van der Waals surface area contributed by atoms with Crippen LogP contribution in [0.2, 0.25) is 5.15 Å². The lowest BCUT2D eigenvalue weighted by atomic mass is 10.1. The molecule has 1 amide bonds. The predicted octanol–water partition coefficient (Wildman–Crippen LogP) is 2.94. The zero-order valence-corrected chi connectivity index (χ0v) is 12.3. The van der Waals surface area contributed by atoms with E-state index in [4.69, 9.17) is 11.6 Å². The zero-order chi connectivity index (χ0) is 14.8. The summed E-state index contributed by atoms with van der Waals surface area (Å²) in [6, 6.07) is 13.3. The SMILES string of the molecule is CCN1C(=O)CN=C(c2ccccc2)c2nc(Cl)ccc21. The van der Waals surface area contributed by atoms with E-state index in [0.29, 0.717) is 23.1 Å². The van der Waals surface area contributed by atoms with Crippen LogP contribution in [0.25, 0.3) is 0 Å². The first-order valence-corrected chi connectivity index (χ1v) is 7.15. The number of carbonyl (C=O) groups is 1. The van der Waals surface area contributed by atoms with Crippen LogP contribution in [0, 0.1) is 0 Å². The Bertz CT molecular complexity index is 713. The van der Waals surface area contributed by atoms with E-state index in [-0.39, 0.29) is 12.5 Å². The van der Waals surface area contributed by atoms with E-state index < -0.39 is 0 Å². The number of aromatic nitrogens is 1. The number of hydrogen-bond acceptors (Lipinski definition) is 3. The average molecular weight is 300 g/mol. The molecule has 0 saturated heterocycles. The number of likely N-dealkylation sites (N-methyl/N-ethyl adjacent to an activating group) is 1. The molecule has 0 radical (unpaired) electrons. The van der Waals surface area contributed by atoms with Crippen LogP contribution in [0.1, 0.15) is 18.2 Å². The Hall–Kier alpha value is -2.20. The van der Waals surface area contributed by atoms with Crippen molar-refractivity contribution in [2.24, 2.45) is 4.99 Å². The van der Waals surface area contributed by atoms with Crippen molar-refractivity contribution in [2.45, 2.75) is 6.92 Å². The highest BCUT2D eigenvalue weighted by atomic mass is 35.5. The standard InChI is InChI=1S/C16H14ClN3O/c1-2-20-12-8-9-13(17)19-16(12)15(18-10-14(20)21)11-6-4-3-5-7-11/h3-9H,2,10H2,1H3. The minimum atomic E-state index is -0.0335. The van der Waals surface area contributed by atoms with E-state index in [1.165, 1.54) is 0 Å². The molecule has 1 aromatic carbocycles. The number of halogens is 1. The van der Waals surface area contributed by atoms with Gasteiger partial charge in [-0.05, 0) is 19.1 Å². The number of carbonyl (C=O) groups excluding carboxylic acids is 1. The third-order valence-corrected chi connectivity index (χ3v) is 3.60. The first kappa shape index (κ1) is 13.8. The van der Waals surface area contributed by atoms with Gasteiger partial charge in [0.15, 0.2) is 0 Å². The molecule has 0 bridgehead atoms. The lowest BCUT2D eigenvalue weighted by molar-refractivity contribution is -0.117. The summed E-state index contributed by atoms with van der Waals surface area (Å²) >= 11 is 6.04. The smallest absolute Gasteiger partial charge is 0.248 e. The molecule has 0 saturated carbocycles. The number of hydrogen-bond donors (Lipinski definition) is 0. The monoisotopic (exact) mass is 299 g/mol. The molecule has 2 heterocycles. The number of rotatable bonds is 2. The maximum atomic E-state index is 12.2. The van der Waals surface area contributed by atoms with Crippen molar-refractivity contribution in [3.8, 4) is 0 Å². The van der Waals surface area contributed by atoms with Crippen molar-refractivity contribution in [3.63, 3.8) is 0 Å². The van der Waals surface area contributed by atoms with Gasteiger partial charge in [-0.1, -0.05) is 41.9 Å². The van der Waals surface area contributed by atoms with E-state index >= 15 is 0 Å². The quantitative estimate of drug-likeness (QED) is 0.800. The van der Waals surface area contributed by atoms with E-state index in [2.05, 4.69) is 9.98 Å². The Labute approximate surface area is 128 Å². The van der Waals surface area contributed by atoms with Gasteiger partial charge in [-0.3, -0.25) is 9.79 Å². The van der Waals surface area contributed by atoms with Gasteiger partial charge in [-0.2, -0.15) is 0 Å². The molecule has 3 rings (SSSR count). The van der Waals surface area contributed by atoms with Gasteiger partial charge in [0.2, 0.25) is 5.91 Å². The summed E-state index contributed by atoms with van der Waals surface area (Å²) in [4.78, 5) is 22.8. The average Bonchev–Trinajstić information content (AvgIpc) is 2.64. The summed E-state index contributed by atoms with van der Waals surface area (Å²) in [5, 5.41) is 0.391. The molecule has 5 heteroatoms. The summed E-state index contributed by atoms with van der Waals surface area (Å²) in [5.41, 5.74) is 3.05. The van der Waals surface area contributed by atoms with Crippen molar-refractivity contribution >= 4 is 28.9 Å². The molecule has 1 aromatic heterocycles. The first-order valence-electron chi connectivity index (χ1n) is 6.78. The normalized spacial score (nSPS) is 14.5. The van der Waals surface area contributed by atoms with Crippen molar-refractivity contribution in [2.75, 3.05) is 18.0 Å². The number of amides is 1. The highest BCUT2D eigenvalue weighted by Gasteiger charge is 2.25. The van der Waals surface area contributed by atoms with Crippen molar-refractivity contribution in [1.29, 1.82) is 0 Å². The second-order valence-corrected chi connectivity index (χ2v) is 5.06. The first-order chi connectivity index (χ1) is 10.2. The topological polar surface area (TPSA) is 45.6 Å². The number of nitrogens with zero attached hydrogens (tertiary/aromatic N) is 3. The molecule has 4 nitrogen and oxygen atoms in total. The molecule has 1 aliphatic heterocycles. The molecule has 106 valence electrons. The largest absolute Gasteiger partial charge is 0.309 e. The lowest BCUT2D eigenvalue weighted by Gasteiger charge is -2.20. The van der Waals surface area contributed by atoms with Crippen molar-refractivity contribution < 1.29 is 4.79 Å². The fourth-order valence-corrected chi connectivity index (χ4v) is 2.58. The van der Waals surface area contributed by atoms with E-state index in [1.54, 1.807) is 11.0 Å². The molecule has 21 heavy (non-hydrogen) atoms. The Morgan fingerprint density at radius 3 is 2.67 bits per heavy atom. The van der Waals surface area contributed by atoms with Crippen LogP contribution < -0.4 is 4.90 Å². The Kier molecular flexibility index (Phi) is 3.71. The predicted molar refractivity (Wildman–Crippen MR) is 84.2 cm³/mol. The minimum Gasteiger partial charge on any atom is -0.309 e.